The van der Waals surface area contributed by atoms with Crippen molar-refractivity contribution in [2.75, 3.05) is 5.32 Å². The number of hydrogen-bond acceptors (Lipinski definition) is 3. The molecular formula is C24H19FN2O3. The van der Waals surface area contributed by atoms with E-state index in [-0.39, 0.29) is 23.2 Å². The summed E-state index contributed by atoms with van der Waals surface area (Å²) < 4.78 is 14.2. The molecule has 0 radical (unpaired) electrons. The molecule has 1 atom stereocenters. The van der Waals surface area contributed by atoms with Crippen molar-refractivity contribution < 1.29 is 18.8 Å². The molecule has 30 heavy (non-hydrogen) atoms. The highest BCUT2D eigenvalue weighted by Gasteiger charge is 2.42. The number of aryl methyl sites for hydroxylation is 1. The number of amides is 3. The third-order valence-electron chi connectivity index (χ3n) is 5.09. The van der Waals surface area contributed by atoms with Gasteiger partial charge in [-0.15, -0.1) is 0 Å². The van der Waals surface area contributed by atoms with E-state index in [0.29, 0.717) is 0 Å². The largest absolute Gasteiger partial charge is 0.322 e. The van der Waals surface area contributed by atoms with Crippen molar-refractivity contribution in [1.82, 2.24) is 4.90 Å². The number of carbonyl (C=O) groups excluding carboxylic acids is 3. The van der Waals surface area contributed by atoms with E-state index in [1.807, 2.05) is 30.3 Å². The number of imide groups is 1. The van der Waals surface area contributed by atoms with Gasteiger partial charge in [0.25, 0.3) is 11.8 Å². The highest BCUT2D eigenvalue weighted by Crippen LogP contribution is 2.27. The van der Waals surface area contributed by atoms with Gasteiger partial charge in [-0.2, -0.15) is 0 Å². The number of carbonyl (C=O) groups is 3. The van der Waals surface area contributed by atoms with Gasteiger partial charge in [-0.3, -0.25) is 19.3 Å². The Bertz CT molecular complexity index is 1110. The smallest absolute Gasteiger partial charge is 0.262 e. The van der Waals surface area contributed by atoms with Crippen molar-refractivity contribution in [3.8, 4) is 0 Å². The third kappa shape index (κ3) is 3.59. The van der Waals surface area contributed by atoms with Crippen molar-refractivity contribution in [2.45, 2.75) is 19.4 Å². The third-order valence-corrected chi connectivity index (χ3v) is 5.09. The number of fused-ring (bicyclic) bond motifs is 1. The van der Waals surface area contributed by atoms with Crippen LogP contribution in [0.1, 0.15) is 31.8 Å². The zero-order valence-electron chi connectivity index (χ0n) is 16.3. The lowest BCUT2D eigenvalue weighted by Gasteiger charge is -2.25. The molecule has 6 heteroatoms. The predicted molar refractivity (Wildman–Crippen MR) is 111 cm³/mol. The molecule has 0 aromatic heterocycles. The summed E-state index contributed by atoms with van der Waals surface area (Å²) in [6, 6.07) is 18.8. The Morgan fingerprint density at radius 3 is 2.17 bits per heavy atom. The number of nitrogens with zero attached hydrogens (tertiary/aromatic N) is 1. The maximum atomic E-state index is 14.2. The van der Waals surface area contributed by atoms with Gasteiger partial charge in [-0.1, -0.05) is 48.5 Å². The SMILES string of the molecule is Cc1ccc(F)c(NC(=O)[C@H](Cc2ccccc2)N2C(=O)c3ccccc3C2=O)c1. The molecule has 3 aromatic carbocycles. The fourth-order valence-corrected chi connectivity index (χ4v) is 3.58. The van der Waals surface area contributed by atoms with Crippen LogP contribution < -0.4 is 5.32 Å². The first-order valence-corrected chi connectivity index (χ1v) is 9.53. The first-order valence-electron chi connectivity index (χ1n) is 9.53. The van der Waals surface area contributed by atoms with E-state index in [2.05, 4.69) is 5.32 Å². The van der Waals surface area contributed by atoms with Crippen LogP contribution in [0.25, 0.3) is 0 Å². The number of halogens is 1. The molecule has 3 aromatic rings. The van der Waals surface area contributed by atoms with Crippen molar-refractivity contribution in [2.24, 2.45) is 0 Å². The average molecular weight is 402 g/mol. The van der Waals surface area contributed by atoms with Crippen LogP contribution in [0.4, 0.5) is 10.1 Å². The summed E-state index contributed by atoms with van der Waals surface area (Å²) >= 11 is 0. The average Bonchev–Trinajstić information content (AvgIpc) is 3.00. The Morgan fingerprint density at radius 2 is 1.53 bits per heavy atom. The highest BCUT2D eigenvalue weighted by molar-refractivity contribution is 6.23. The van der Waals surface area contributed by atoms with Gasteiger partial charge >= 0.3 is 0 Å². The molecule has 0 bridgehead atoms. The number of rotatable bonds is 5. The monoisotopic (exact) mass is 402 g/mol. The van der Waals surface area contributed by atoms with Crippen LogP contribution in [-0.4, -0.2) is 28.7 Å². The second-order valence-electron chi connectivity index (χ2n) is 7.20. The van der Waals surface area contributed by atoms with Gasteiger partial charge in [-0.25, -0.2) is 4.39 Å². The minimum absolute atomic E-state index is 0.00895. The van der Waals surface area contributed by atoms with Crippen molar-refractivity contribution in [3.05, 3.63) is 101 Å². The van der Waals surface area contributed by atoms with Crippen LogP contribution >= 0.6 is 0 Å². The van der Waals surface area contributed by atoms with E-state index in [1.54, 1.807) is 37.3 Å². The molecule has 0 aliphatic carbocycles. The molecule has 1 aliphatic rings. The lowest BCUT2D eigenvalue weighted by atomic mass is 10.0. The molecule has 5 nitrogen and oxygen atoms in total. The topological polar surface area (TPSA) is 66.5 Å². The quantitative estimate of drug-likeness (QED) is 0.657. The second-order valence-corrected chi connectivity index (χ2v) is 7.20. The van der Waals surface area contributed by atoms with Crippen LogP contribution in [0.3, 0.4) is 0 Å². The Hall–Kier alpha value is -3.80. The minimum Gasteiger partial charge on any atom is -0.322 e. The zero-order valence-corrected chi connectivity index (χ0v) is 16.3. The molecule has 0 fully saturated rings. The van der Waals surface area contributed by atoms with E-state index >= 15 is 0 Å². The summed E-state index contributed by atoms with van der Waals surface area (Å²) in [4.78, 5) is 40.1. The molecule has 0 saturated carbocycles. The van der Waals surface area contributed by atoms with E-state index in [9.17, 15) is 18.8 Å². The normalized spacial score (nSPS) is 13.9. The summed E-state index contributed by atoms with van der Waals surface area (Å²) in [6.07, 6.45) is 0.117. The number of hydrogen-bond donors (Lipinski definition) is 1. The molecule has 0 saturated heterocycles. The summed E-state index contributed by atoms with van der Waals surface area (Å²) in [6.45, 7) is 1.78. The lowest BCUT2D eigenvalue weighted by Crippen LogP contribution is -2.48. The van der Waals surface area contributed by atoms with Crippen molar-refractivity contribution in [3.63, 3.8) is 0 Å². The number of anilines is 1. The Balaban J connectivity index is 1.70. The maximum absolute atomic E-state index is 14.2. The molecule has 0 spiro atoms. The van der Waals surface area contributed by atoms with Crippen molar-refractivity contribution in [1.29, 1.82) is 0 Å². The van der Waals surface area contributed by atoms with Gasteiger partial charge in [0.05, 0.1) is 16.8 Å². The summed E-state index contributed by atoms with van der Waals surface area (Å²) in [7, 11) is 0. The molecule has 4 rings (SSSR count). The van der Waals surface area contributed by atoms with Gasteiger partial charge < -0.3 is 5.32 Å². The predicted octanol–water partition coefficient (Wildman–Crippen LogP) is 3.98. The van der Waals surface area contributed by atoms with Crippen LogP contribution in [0.15, 0.2) is 72.8 Å². The van der Waals surface area contributed by atoms with E-state index in [4.69, 9.17) is 0 Å². The van der Waals surface area contributed by atoms with Crippen molar-refractivity contribution >= 4 is 23.4 Å². The second kappa shape index (κ2) is 7.91. The first-order chi connectivity index (χ1) is 14.5. The van der Waals surface area contributed by atoms with E-state index in [1.165, 1.54) is 12.1 Å². The van der Waals surface area contributed by atoms with E-state index < -0.39 is 29.6 Å². The fourth-order valence-electron chi connectivity index (χ4n) is 3.58. The summed E-state index contributed by atoms with van der Waals surface area (Å²) in [5.74, 6) is -2.28. The summed E-state index contributed by atoms with van der Waals surface area (Å²) in [5.41, 5.74) is 2.07. The molecule has 1 N–H and O–H groups in total. The van der Waals surface area contributed by atoms with Crippen LogP contribution in [-0.2, 0) is 11.2 Å². The standard InChI is InChI=1S/C24H19FN2O3/c1-15-11-12-19(25)20(13-15)26-22(28)21(14-16-7-3-2-4-8-16)27-23(29)17-9-5-6-10-18(17)24(27)30/h2-13,21H,14H2,1H3,(H,26,28)/t21-/m0/s1. The minimum atomic E-state index is -1.13. The lowest BCUT2D eigenvalue weighted by molar-refractivity contribution is -0.120. The van der Waals surface area contributed by atoms with Gasteiger partial charge in [0, 0.05) is 6.42 Å². The molecule has 0 unspecified atom stereocenters. The Kier molecular flexibility index (Phi) is 5.14. The van der Waals surface area contributed by atoms with Gasteiger partial charge in [-0.05, 0) is 42.3 Å². The number of nitrogens with one attached hydrogen (secondary N) is 1. The molecular weight excluding hydrogens is 383 g/mol. The highest BCUT2D eigenvalue weighted by atomic mass is 19.1. The van der Waals surface area contributed by atoms with Gasteiger partial charge in [0.15, 0.2) is 0 Å². The number of benzene rings is 3. The molecule has 150 valence electrons. The Labute approximate surface area is 173 Å². The fraction of sp³-hybridized carbons (Fsp3) is 0.125. The van der Waals surface area contributed by atoms with Gasteiger partial charge in [0.1, 0.15) is 11.9 Å². The van der Waals surface area contributed by atoms with Gasteiger partial charge in [0.2, 0.25) is 5.91 Å². The van der Waals surface area contributed by atoms with Crippen LogP contribution in [0.2, 0.25) is 0 Å². The van der Waals surface area contributed by atoms with Crippen LogP contribution in [0, 0.1) is 12.7 Å². The summed E-state index contributed by atoms with van der Waals surface area (Å²) in [5, 5.41) is 2.56. The molecule has 1 heterocycles. The van der Waals surface area contributed by atoms with E-state index in [0.717, 1.165) is 16.0 Å². The van der Waals surface area contributed by atoms with Crippen LogP contribution in [0.5, 0.6) is 0 Å². The zero-order chi connectivity index (χ0) is 21.3. The Morgan fingerprint density at radius 1 is 0.933 bits per heavy atom. The molecule has 1 aliphatic heterocycles. The maximum Gasteiger partial charge on any atom is 0.262 e. The molecule has 3 amide bonds. The first kappa shape index (κ1) is 19.5.